The quantitative estimate of drug-likeness (QED) is 0.177. The van der Waals surface area contributed by atoms with Crippen LogP contribution in [0.3, 0.4) is 0 Å². The number of rotatable bonds is 18. The highest BCUT2D eigenvalue weighted by atomic mass is 16.5. The maximum absolute atomic E-state index is 5.91. The number of nitrogens with one attached hydrogen (secondary N) is 2. The molecule has 0 bridgehead atoms. The van der Waals surface area contributed by atoms with Crippen molar-refractivity contribution >= 4 is 0 Å². The normalized spacial score (nSPS) is 13.1. The Labute approximate surface area is 205 Å². The minimum atomic E-state index is 0.316. The zero-order chi connectivity index (χ0) is 24.6. The van der Waals surface area contributed by atoms with Crippen molar-refractivity contribution in [1.82, 2.24) is 15.6 Å². The maximum Gasteiger partial charge on any atom is 0.212 e. The van der Waals surface area contributed by atoms with Gasteiger partial charge in [0.25, 0.3) is 0 Å². The van der Waals surface area contributed by atoms with Gasteiger partial charge in [0, 0.05) is 29.9 Å². The molecule has 0 amide bonds. The Kier molecular flexibility index (Phi) is 13.7. The molecule has 10 N–H and O–H groups in total. The van der Waals surface area contributed by atoms with Crippen LogP contribution in [0.5, 0.6) is 5.88 Å². The number of hydrogen-bond acceptors (Lipinski definition) is 8. The van der Waals surface area contributed by atoms with E-state index in [0.717, 1.165) is 62.7 Å². The van der Waals surface area contributed by atoms with Gasteiger partial charge in [0.2, 0.25) is 5.88 Å². The van der Waals surface area contributed by atoms with Crippen molar-refractivity contribution in [3.05, 3.63) is 47.7 Å². The molecule has 0 spiro atoms. The van der Waals surface area contributed by atoms with Crippen LogP contribution in [-0.4, -0.2) is 63.4 Å². The lowest BCUT2D eigenvalue weighted by Gasteiger charge is -2.21. The number of pyridine rings is 1. The Bertz CT molecular complexity index is 760. The summed E-state index contributed by atoms with van der Waals surface area (Å²) in [5.41, 5.74) is 28.0. The van der Waals surface area contributed by atoms with Crippen molar-refractivity contribution in [2.75, 3.05) is 46.4 Å². The van der Waals surface area contributed by atoms with E-state index >= 15 is 0 Å². The minimum absolute atomic E-state index is 0.316. The van der Waals surface area contributed by atoms with E-state index < -0.39 is 0 Å². The molecule has 8 nitrogen and oxygen atoms in total. The second-order valence-electron chi connectivity index (χ2n) is 8.78. The highest BCUT2D eigenvalue weighted by Gasteiger charge is 2.14. The van der Waals surface area contributed by atoms with Crippen LogP contribution >= 0.6 is 0 Å². The third kappa shape index (κ3) is 10.0. The number of hydrogen-bond donors (Lipinski definition) is 6. The van der Waals surface area contributed by atoms with Crippen LogP contribution in [0, 0.1) is 0 Å². The minimum Gasteiger partial charge on any atom is -0.481 e. The molecule has 0 saturated heterocycles. The van der Waals surface area contributed by atoms with E-state index in [4.69, 9.17) is 27.7 Å². The zero-order valence-electron chi connectivity index (χ0n) is 20.8. The number of nitrogens with two attached hydrogens (primary N) is 4. The van der Waals surface area contributed by atoms with E-state index in [9.17, 15) is 0 Å². The molecule has 0 aliphatic rings. The lowest BCUT2D eigenvalue weighted by atomic mass is 9.93. The highest BCUT2D eigenvalue weighted by molar-refractivity contribution is 5.65. The zero-order valence-corrected chi connectivity index (χ0v) is 20.8. The second kappa shape index (κ2) is 16.5. The predicted octanol–water partition coefficient (Wildman–Crippen LogP) is 1.15. The molecule has 2 unspecified atom stereocenters. The first-order valence-electron chi connectivity index (χ1n) is 12.5. The van der Waals surface area contributed by atoms with Crippen LogP contribution in [0.25, 0.3) is 11.1 Å². The third-order valence-electron chi connectivity index (χ3n) is 5.95. The number of nitrogens with zero attached hydrogens (tertiary/aromatic N) is 1. The Morgan fingerprint density at radius 2 is 1.32 bits per heavy atom. The number of benzene rings is 1. The summed E-state index contributed by atoms with van der Waals surface area (Å²) in [6, 6.07) is 11.4. The Balaban J connectivity index is 2.31. The topological polar surface area (TPSA) is 150 Å². The van der Waals surface area contributed by atoms with Crippen molar-refractivity contribution in [3.63, 3.8) is 0 Å². The van der Waals surface area contributed by atoms with Crippen LogP contribution < -0.4 is 38.3 Å². The lowest BCUT2D eigenvalue weighted by Crippen LogP contribution is -2.35. The molecule has 0 radical (unpaired) electrons. The van der Waals surface area contributed by atoms with Crippen molar-refractivity contribution in [3.8, 4) is 17.0 Å². The monoisotopic (exact) mass is 471 g/mol. The predicted molar refractivity (Wildman–Crippen MR) is 142 cm³/mol. The van der Waals surface area contributed by atoms with Gasteiger partial charge in [-0.1, -0.05) is 18.2 Å². The highest BCUT2D eigenvalue weighted by Crippen LogP contribution is 2.25. The van der Waals surface area contributed by atoms with E-state index in [2.05, 4.69) is 39.9 Å². The standard InChI is InChI=1S/C26H45N7O/c1-34-26-5-4-22(19-33-26)23-15-20(17-24(6-10-29)31-12-2-8-27)14-21(16-23)18-25(7-11-30)32-13-3-9-28/h4-5,14-16,19,24-25,31-32H,2-3,6-13,17-18,27-30H2,1H3. The van der Waals surface area contributed by atoms with E-state index in [1.54, 1.807) is 7.11 Å². The average molecular weight is 472 g/mol. The van der Waals surface area contributed by atoms with Crippen LogP contribution in [0.1, 0.15) is 36.8 Å². The van der Waals surface area contributed by atoms with Gasteiger partial charge in [-0.2, -0.15) is 0 Å². The molecule has 0 fully saturated rings. The van der Waals surface area contributed by atoms with Gasteiger partial charge in [0.05, 0.1) is 7.11 Å². The fraction of sp³-hybridized carbons (Fsp3) is 0.577. The molecule has 1 aromatic carbocycles. The lowest BCUT2D eigenvalue weighted by molar-refractivity contribution is 0.398. The van der Waals surface area contributed by atoms with E-state index in [0.29, 0.717) is 44.1 Å². The third-order valence-corrected chi connectivity index (χ3v) is 5.95. The second-order valence-corrected chi connectivity index (χ2v) is 8.78. The fourth-order valence-electron chi connectivity index (χ4n) is 4.18. The van der Waals surface area contributed by atoms with Crippen molar-refractivity contribution in [2.45, 2.75) is 50.6 Å². The molecule has 34 heavy (non-hydrogen) atoms. The first kappa shape index (κ1) is 28.2. The van der Waals surface area contributed by atoms with E-state index in [1.807, 2.05) is 12.3 Å². The smallest absolute Gasteiger partial charge is 0.212 e. The van der Waals surface area contributed by atoms with Crippen LogP contribution in [0.15, 0.2) is 36.5 Å². The van der Waals surface area contributed by atoms with Crippen LogP contribution in [0.2, 0.25) is 0 Å². The summed E-state index contributed by atoms with van der Waals surface area (Å²) < 4.78 is 5.24. The molecule has 1 heterocycles. The largest absolute Gasteiger partial charge is 0.481 e. The molecular formula is C26H45N7O. The van der Waals surface area contributed by atoms with Crippen molar-refractivity contribution < 1.29 is 4.74 Å². The summed E-state index contributed by atoms with van der Waals surface area (Å²) in [6.45, 7) is 4.48. The SMILES string of the molecule is COc1ccc(-c2cc(CC(CCN)NCCCN)cc(CC(CCN)NCCCN)c2)cn1. The molecule has 8 heteroatoms. The van der Waals surface area contributed by atoms with E-state index in [1.165, 1.54) is 11.1 Å². The number of methoxy groups -OCH3 is 1. The van der Waals surface area contributed by atoms with Gasteiger partial charge in [-0.3, -0.25) is 0 Å². The van der Waals surface area contributed by atoms with Gasteiger partial charge >= 0.3 is 0 Å². The number of aromatic nitrogens is 1. The first-order valence-corrected chi connectivity index (χ1v) is 12.5. The van der Waals surface area contributed by atoms with Crippen molar-refractivity contribution in [2.24, 2.45) is 22.9 Å². The van der Waals surface area contributed by atoms with Gasteiger partial charge < -0.3 is 38.3 Å². The molecular weight excluding hydrogens is 426 g/mol. The van der Waals surface area contributed by atoms with Gasteiger partial charge in [-0.25, -0.2) is 4.98 Å². The van der Waals surface area contributed by atoms with Gasteiger partial charge in [-0.15, -0.1) is 0 Å². The summed E-state index contributed by atoms with van der Waals surface area (Å²) in [4.78, 5) is 4.41. The van der Waals surface area contributed by atoms with E-state index in [-0.39, 0.29) is 0 Å². The Morgan fingerprint density at radius 3 is 1.74 bits per heavy atom. The van der Waals surface area contributed by atoms with Gasteiger partial charge in [0.15, 0.2) is 0 Å². The fourth-order valence-corrected chi connectivity index (χ4v) is 4.18. The first-order chi connectivity index (χ1) is 16.6. The molecule has 0 saturated carbocycles. The van der Waals surface area contributed by atoms with Crippen LogP contribution in [0.4, 0.5) is 0 Å². The molecule has 0 aliphatic carbocycles. The summed E-state index contributed by atoms with van der Waals surface area (Å²) in [6.07, 6.45) is 7.45. The summed E-state index contributed by atoms with van der Waals surface area (Å²) in [7, 11) is 1.63. The Hall–Kier alpha value is -2.07. The van der Waals surface area contributed by atoms with Crippen molar-refractivity contribution in [1.29, 1.82) is 0 Å². The molecule has 1 aromatic heterocycles. The summed E-state index contributed by atoms with van der Waals surface area (Å²) in [5, 5.41) is 7.26. The molecule has 0 aliphatic heterocycles. The van der Waals surface area contributed by atoms with Gasteiger partial charge in [0.1, 0.15) is 0 Å². The Morgan fingerprint density at radius 1 is 0.765 bits per heavy atom. The summed E-state index contributed by atoms with van der Waals surface area (Å²) in [5.74, 6) is 0.611. The molecule has 2 aromatic rings. The molecule has 2 atom stereocenters. The number of ether oxygens (including phenoxy) is 1. The van der Waals surface area contributed by atoms with Gasteiger partial charge in [-0.05, 0) is 101 Å². The molecule has 190 valence electrons. The summed E-state index contributed by atoms with van der Waals surface area (Å²) >= 11 is 0. The molecule has 2 rings (SSSR count). The maximum atomic E-state index is 5.91. The van der Waals surface area contributed by atoms with Crippen LogP contribution in [-0.2, 0) is 12.8 Å². The average Bonchev–Trinajstić information content (AvgIpc) is 2.84.